The summed E-state index contributed by atoms with van der Waals surface area (Å²) in [5.74, 6) is 0.284. The van der Waals surface area contributed by atoms with Crippen LogP contribution in [-0.2, 0) is 4.74 Å². The molecule has 3 N–H and O–H groups in total. The minimum atomic E-state index is -0.941. The summed E-state index contributed by atoms with van der Waals surface area (Å²) in [5, 5.41) is 31.3. The maximum absolute atomic E-state index is 10.8. The van der Waals surface area contributed by atoms with Crippen molar-refractivity contribution in [1.29, 1.82) is 0 Å². The van der Waals surface area contributed by atoms with Crippen LogP contribution >= 0.6 is 0 Å². The van der Waals surface area contributed by atoms with Gasteiger partial charge >= 0.3 is 0 Å². The van der Waals surface area contributed by atoms with Crippen molar-refractivity contribution in [3.63, 3.8) is 0 Å². The van der Waals surface area contributed by atoms with Gasteiger partial charge in [-0.2, -0.15) is 0 Å². The number of aliphatic hydroxyl groups is 3. The summed E-state index contributed by atoms with van der Waals surface area (Å²) in [6, 6.07) is 0. The van der Waals surface area contributed by atoms with Crippen LogP contribution in [0.4, 0.5) is 0 Å². The first-order chi connectivity index (χ1) is 9.88. The molecule has 0 amide bonds. The van der Waals surface area contributed by atoms with E-state index in [2.05, 4.69) is 41.5 Å². The molecule has 132 valence electrons. The van der Waals surface area contributed by atoms with Crippen molar-refractivity contribution in [2.24, 2.45) is 28.6 Å². The van der Waals surface area contributed by atoms with E-state index < -0.39 is 24.4 Å². The van der Waals surface area contributed by atoms with Crippen LogP contribution in [0.5, 0.6) is 0 Å². The second-order valence-electron chi connectivity index (χ2n) is 8.74. The minimum Gasteiger partial charge on any atom is -0.394 e. The Kier molecular flexibility index (Phi) is 6.11. The number of ether oxygens (including phenoxy) is 1. The largest absolute Gasteiger partial charge is 0.394 e. The monoisotopic (exact) mass is 316 g/mol. The first kappa shape index (κ1) is 19.9. The van der Waals surface area contributed by atoms with E-state index in [1.807, 2.05) is 13.8 Å². The summed E-state index contributed by atoms with van der Waals surface area (Å²) < 4.78 is 6.13. The lowest BCUT2D eigenvalue weighted by molar-refractivity contribution is -0.262. The summed E-state index contributed by atoms with van der Waals surface area (Å²) in [6.45, 7) is 16.4. The molecule has 22 heavy (non-hydrogen) atoms. The minimum absolute atomic E-state index is 0.144. The molecular formula is C18H36O4. The molecule has 0 aromatic carbocycles. The van der Waals surface area contributed by atoms with Gasteiger partial charge in [-0.25, -0.2) is 0 Å². The van der Waals surface area contributed by atoms with E-state index in [0.717, 1.165) is 0 Å². The molecule has 5 atom stereocenters. The molecule has 0 aromatic rings. The number of aliphatic hydroxyl groups excluding tert-OH is 3. The van der Waals surface area contributed by atoms with Crippen molar-refractivity contribution in [3.05, 3.63) is 0 Å². The lowest BCUT2D eigenvalue weighted by atomic mass is 9.62. The second-order valence-corrected chi connectivity index (χ2v) is 8.74. The highest BCUT2D eigenvalue weighted by Gasteiger charge is 2.54. The van der Waals surface area contributed by atoms with Crippen molar-refractivity contribution in [1.82, 2.24) is 0 Å². The molecule has 1 aliphatic rings. The summed E-state index contributed by atoms with van der Waals surface area (Å²) in [4.78, 5) is 0. The van der Waals surface area contributed by atoms with E-state index in [9.17, 15) is 15.3 Å². The van der Waals surface area contributed by atoms with Crippen LogP contribution in [0.3, 0.4) is 0 Å². The van der Waals surface area contributed by atoms with Gasteiger partial charge in [0.2, 0.25) is 0 Å². The van der Waals surface area contributed by atoms with Crippen molar-refractivity contribution in [2.75, 3.05) is 6.61 Å². The average Bonchev–Trinajstić information content (AvgIpc) is 2.40. The molecule has 0 spiro atoms. The fourth-order valence-corrected chi connectivity index (χ4v) is 3.37. The van der Waals surface area contributed by atoms with E-state index in [0.29, 0.717) is 5.92 Å². The van der Waals surface area contributed by atoms with Gasteiger partial charge < -0.3 is 20.1 Å². The van der Waals surface area contributed by atoms with Gasteiger partial charge in [0.05, 0.1) is 24.9 Å². The van der Waals surface area contributed by atoms with Crippen LogP contribution in [-0.4, -0.2) is 46.3 Å². The summed E-state index contributed by atoms with van der Waals surface area (Å²) in [6.07, 6.45) is -2.78. The quantitative estimate of drug-likeness (QED) is 0.729. The van der Waals surface area contributed by atoms with Gasteiger partial charge in [0.1, 0.15) is 6.10 Å². The Hall–Kier alpha value is -0.160. The molecule has 1 rings (SSSR count). The maximum Gasteiger partial charge on any atom is 0.107 e. The SMILES string of the molecule is CC(C)C(C)(C)C1OC(CO)C(C(C)(C)C(C)C)C(O)C1O. The van der Waals surface area contributed by atoms with E-state index in [-0.39, 0.29) is 29.3 Å². The van der Waals surface area contributed by atoms with Gasteiger partial charge in [-0.1, -0.05) is 55.4 Å². The van der Waals surface area contributed by atoms with Crippen LogP contribution in [0.2, 0.25) is 0 Å². The third-order valence-corrected chi connectivity index (χ3v) is 6.50. The van der Waals surface area contributed by atoms with Crippen LogP contribution in [0.1, 0.15) is 55.4 Å². The highest BCUT2D eigenvalue weighted by Crippen LogP contribution is 2.47. The molecule has 0 radical (unpaired) electrons. The zero-order valence-corrected chi connectivity index (χ0v) is 15.5. The molecule has 4 nitrogen and oxygen atoms in total. The molecule has 0 aromatic heterocycles. The normalized spacial score (nSPS) is 34.5. The highest BCUT2D eigenvalue weighted by molar-refractivity contribution is 5.02. The van der Waals surface area contributed by atoms with Gasteiger partial charge in [0, 0.05) is 5.92 Å². The van der Waals surface area contributed by atoms with E-state index in [4.69, 9.17) is 4.74 Å². The van der Waals surface area contributed by atoms with Crippen LogP contribution in [0.25, 0.3) is 0 Å². The molecule has 5 unspecified atom stereocenters. The standard InChI is InChI=1S/C18H36O4/c1-10(2)17(5,6)13-12(9-19)22-16(15(21)14(13)20)18(7,8)11(3)4/h10-16,19-21H,9H2,1-8H3. The predicted octanol–water partition coefficient (Wildman–Crippen LogP) is 2.45. The lowest BCUT2D eigenvalue weighted by Gasteiger charge is -2.54. The summed E-state index contributed by atoms with van der Waals surface area (Å²) >= 11 is 0. The third kappa shape index (κ3) is 3.35. The average molecular weight is 316 g/mol. The number of hydrogen-bond acceptors (Lipinski definition) is 4. The molecule has 4 heteroatoms. The topological polar surface area (TPSA) is 69.9 Å². The van der Waals surface area contributed by atoms with Crippen molar-refractivity contribution >= 4 is 0 Å². The molecule has 1 fully saturated rings. The smallest absolute Gasteiger partial charge is 0.107 e. The Labute approximate surface area is 135 Å². The molecule has 0 saturated carbocycles. The molecule has 0 aliphatic carbocycles. The van der Waals surface area contributed by atoms with Crippen LogP contribution in [0, 0.1) is 28.6 Å². The number of hydrogen-bond donors (Lipinski definition) is 3. The Balaban J connectivity index is 3.17. The fraction of sp³-hybridized carbons (Fsp3) is 1.00. The number of rotatable bonds is 5. The third-order valence-electron chi connectivity index (χ3n) is 6.50. The zero-order valence-electron chi connectivity index (χ0n) is 15.5. The Morgan fingerprint density at radius 2 is 1.32 bits per heavy atom. The lowest BCUT2D eigenvalue weighted by Crippen LogP contribution is -2.63. The first-order valence-electron chi connectivity index (χ1n) is 8.51. The van der Waals surface area contributed by atoms with E-state index >= 15 is 0 Å². The molecular weight excluding hydrogens is 280 g/mol. The molecule has 1 saturated heterocycles. The predicted molar refractivity (Wildman–Crippen MR) is 88.5 cm³/mol. The fourth-order valence-electron chi connectivity index (χ4n) is 3.37. The van der Waals surface area contributed by atoms with Crippen LogP contribution < -0.4 is 0 Å². The zero-order chi connectivity index (χ0) is 17.5. The van der Waals surface area contributed by atoms with Gasteiger partial charge in [-0.3, -0.25) is 0 Å². The van der Waals surface area contributed by atoms with Gasteiger partial charge in [0.25, 0.3) is 0 Å². The van der Waals surface area contributed by atoms with Gasteiger partial charge in [-0.15, -0.1) is 0 Å². The van der Waals surface area contributed by atoms with Crippen molar-refractivity contribution < 1.29 is 20.1 Å². The summed E-state index contributed by atoms with van der Waals surface area (Å²) in [5.41, 5.74) is -0.540. The van der Waals surface area contributed by atoms with E-state index in [1.165, 1.54) is 0 Å². The molecule has 1 aliphatic heterocycles. The van der Waals surface area contributed by atoms with Crippen molar-refractivity contribution in [3.8, 4) is 0 Å². The Bertz CT molecular complexity index is 360. The van der Waals surface area contributed by atoms with Gasteiger partial charge in [0.15, 0.2) is 0 Å². The van der Waals surface area contributed by atoms with Crippen LogP contribution in [0.15, 0.2) is 0 Å². The second kappa shape index (κ2) is 6.76. The first-order valence-corrected chi connectivity index (χ1v) is 8.51. The Morgan fingerprint density at radius 1 is 0.864 bits per heavy atom. The molecule has 1 heterocycles. The van der Waals surface area contributed by atoms with E-state index in [1.54, 1.807) is 0 Å². The summed E-state index contributed by atoms with van der Waals surface area (Å²) in [7, 11) is 0. The Morgan fingerprint density at radius 3 is 1.68 bits per heavy atom. The maximum atomic E-state index is 10.8. The van der Waals surface area contributed by atoms with Gasteiger partial charge in [-0.05, 0) is 22.7 Å². The molecule has 0 bridgehead atoms. The highest BCUT2D eigenvalue weighted by atomic mass is 16.5. The van der Waals surface area contributed by atoms with Crippen molar-refractivity contribution in [2.45, 2.75) is 79.8 Å².